The van der Waals surface area contributed by atoms with Crippen molar-refractivity contribution in [3.63, 3.8) is 0 Å². The third-order valence-electron chi connectivity index (χ3n) is 3.73. The van der Waals surface area contributed by atoms with Gasteiger partial charge in [0.05, 0.1) is 6.21 Å². The molecule has 2 aromatic carbocycles. The fourth-order valence-electron chi connectivity index (χ4n) is 2.31. The number of hydrogen-bond donors (Lipinski definition) is 1. The van der Waals surface area contributed by atoms with E-state index in [4.69, 9.17) is 12.2 Å². The molecule has 5 nitrogen and oxygen atoms in total. The number of H-pyrrole nitrogens is 1. The van der Waals surface area contributed by atoms with Crippen LogP contribution in [0.15, 0.2) is 58.5 Å². The predicted octanol–water partition coefficient (Wildman–Crippen LogP) is 4.28. The van der Waals surface area contributed by atoms with Crippen molar-refractivity contribution in [2.75, 3.05) is 25.3 Å². The molecular weight excluding hydrogens is 350 g/mol. The average molecular weight is 370 g/mol. The van der Waals surface area contributed by atoms with Gasteiger partial charge in [-0.1, -0.05) is 12.1 Å². The van der Waals surface area contributed by atoms with Crippen molar-refractivity contribution in [3.8, 4) is 11.4 Å². The molecule has 1 aromatic heterocycles. The number of thioether (sulfide) groups is 1. The summed E-state index contributed by atoms with van der Waals surface area (Å²) in [6.45, 7) is 0. The van der Waals surface area contributed by atoms with Gasteiger partial charge in [-0.25, -0.2) is 5.10 Å². The van der Waals surface area contributed by atoms with Crippen molar-refractivity contribution in [1.82, 2.24) is 14.9 Å². The van der Waals surface area contributed by atoms with E-state index < -0.39 is 0 Å². The lowest BCUT2D eigenvalue weighted by Gasteiger charge is -2.12. The number of benzene rings is 2. The number of rotatable bonds is 5. The highest BCUT2D eigenvalue weighted by Crippen LogP contribution is 2.21. The summed E-state index contributed by atoms with van der Waals surface area (Å²) in [5.41, 5.74) is 3.09. The van der Waals surface area contributed by atoms with Crippen LogP contribution in [0.1, 0.15) is 5.56 Å². The molecule has 0 aliphatic carbocycles. The summed E-state index contributed by atoms with van der Waals surface area (Å²) in [7, 11) is 4.02. The first-order chi connectivity index (χ1) is 12.1. The zero-order valence-corrected chi connectivity index (χ0v) is 15.9. The SMILES string of the molecule is CSc1ccc(/C=N/n2c(-c3ccc(N(C)C)cc3)n[nH]c2=S)cc1. The number of hydrogen-bond acceptors (Lipinski definition) is 5. The van der Waals surface area contributed by atoms with E-state index in [9.17, 15) is 0 Å². The van der Waals surface area contributed by atoms with Crippen molar-refractivity contribution in [2.24, 2.45) is 5.10 Å². The molecule has 0 spiro atoms. The molecule has 0 aliphatic rings. The van der Waals surface area contributed by atoms with Gasteiger partial charge in [-0.15, -0.1) is 11.8 Å². The van der Waals surface area contributed by atoms with Crippen LogP contribution in [-0.4, -0.2) is 41.4 Å². The van der Waals surface area contributed by atoms with Gasteiger partial charge in [0.15, 0.2) is 5.82 Å². The van der Waals surface area contributed by atoms with E-state index in [0.717, 1.165) is 16.8 Å². The summed E-state index contributed by atoms with van der Waals surface area (Å²) < 4.78 is 2.10. The maximum absolute atomic E-state index is 5.31. The van der Waals surface area contributed by atoms with E-state index in [1.165, 1.54) is 4.90 Å². The molecule has 0 atom stereocenters. The first-order valence-electron chi connectivity index (χ1n) is 7.72. The standard InChI is InChI=1S/C18H19N5S2/c1-22(2)15-8-6-14(7-9-15)17-20-21-18(24)23(17)19-12-13-4-10-16(25-3)11-5-13/h4-12H,1-3H3,(H,21,24)/b19-12+. The summed E-state index contributed by atoms with van der Waals surface area (Å²) in [4.78, 5) is 3.27. The Bertz CT molecular complexity index is 921. The van der Waals surface area contributed by atoms with Gasteiger partial charge < -0.3 is 4.90 Å². The fraction of sp³-hybridized carbons (Fsp3) is 0.167. The maximum atomic E-state index is 5.31. The van der Waals surface area contributed by atoms with Crippen molar-refractivity contribution >= 4 is 35.9 Å². The van der Waals surface area contributed by atoms with E-state index in [1.807, 2.05) is 50.5 Å². The molecule has 0 radical (unpaired) electrons. The summed E-state index contributed by atoms with van der Waals surface area (Å²) in [5, 5.41) is 11.6. The minimum Gasteiger partial charge on any atom is -0.378 e. The monoisotopic (exact) mass is 369 g/mol. The van der Waals surface area contributed by atoms with E-state index in [1.54, 1.807) is 22.7 Å². The Morgan fingerprint density at radius 1 is 1.12 bits per heavy atom. The van der Waals surface area contributed by atoms with Crippen LogP contribution in [0.4, 0.5) is 5.69 Å². The molecule has 0 saturated carbocycles. The second-order valence-corrected chi connectivity index (χ2v) is 6.89. The highest BCUT2D eigenvalue weighted by molar-refractivity contribution is 7.98. The molecule has 0 aliphatic heterocycles. The molecule has 25 heavy (non-hydrogen) atoms. The van der Waals surface area contributed by atoms with Gasteiger partial charge >= 0.3 is 0 Å². The van der Waals surface area contributed by atoms with Crippen molar-refractivity contribution in [2.45, 2.75) is 4.90 Å². The molecule has 1 N–H and O–H groups in total. The van der Waals surface area contributed by atoms with Gasteiger partial charge in [-0.3, -0.25) is 0 Å². The van der Waals surface area contributed by atoms with Gasteiger partial charge in [0.2, 0.25) is 4.77 Å². The first-order valence-corrected chi connectivity index (χ1v) is 9.35. The van der Waals surface area contributed by atoms with Crippen LogP contribution >= 0.6 is 24.0 Å². The lowest BCUT2D eigenvalue weighted by Crippen LogP contribution is -2.08. The molecule has 128 valence electrons. The van der Waals surface area contributed by atoms with Gasteiger partial charge in [0, 0.05) is 30.2 Å². The number of aromatic amines is 1. The quantitative estimate of drug-likeness (QED) is 0.414. The molecule has 1 heterocycles. The minimum atomic E-state index is 0.462. The van der Waals surface area contributed by atoms with Crippen molar-refractivity contribution < 1.29 is 0 Å². The second kappa shape index (κ2) is 7.67. The van der Waals surface area contributed by atoms with Crippen LogP contribution < -0.4 is 4.90 Å². The minimum absolute atomic E-state index is 0.462. The third-order valence-corrected chi connectivity index (χ3v) is 4.74. The molecule has 0 amide bonds. The topological polar surface area (TPSA) is 49.2 Å². The Kier molecular flexibility index (Phi) is 5.35. The summed E-state index contributed by atoms with van der Waals surface area (Å²) in [6, 6.07) is 16.3. The Hall–Kier alpha value is -2.38. The molecular formula is C18H19N5S2. The first kappa shape index (κ1) is 17.4. The average Bonchev–Trinajstić information content (AvgIpc) is 3.01. The lowest BCUT2D eigenvalue weighted by molar-refractivity contribution is 0.871. The maximum Gasteiger partial charge on any atom is 0.216 e. The van der Waals surface area contributed by atoms with Crippen molar-refractivity contribution in [3.05, 3.63) is 58.9 Å². The van der Waals surface area contributed by atoms with Crippen LogP contribution in [0.2, 0.25) is 0 Å². The van der Waals surface area contributed by atoms with Crippen LogP contribution in [0.5, 0.6) is 0 Å². The molecule has 0 bridgehead atoms. The van der Waals surface area contributed by atoms with Crippen LogP contribution in [0, 0.1) is 4.77 Å². The van der Waals surface area contributed by atoms with E-state index in [-0.39, 0.29) is 0 Å². The Morgan fingerprint density at radius 2 is 1.80 bits per heavy atom. The van der Waals surface area contributed by atoms with Gasteiger partial charge in [0.25, 0.3) is 0 Å². The zero-order chi connectivity index (χ0) is 17.8. The smallest absolute Gasteiger partial charge is 0.216 e. The molecule has 3 aromatic rings. The summed E-state index contributed by atoms with van der Waals surface area (Å²) in [5.74, 6) is 0.687. The second-order valence-electron chi connectivity index (χ2n) is 5.62. The Morgan fingerprint density at radius 3 is 2.40 bits per heavy atom. The normalized spacial score (nSPS) is 11.2. The number of anilines is 1. The highest BCUT2D eigenvalue weighted by atomic mass is 32.2. The van der Waals surface area contributed by atoms with Gasteiger partial charge in [-0.2, -0.15) is 14.9 Å². The van der Waals surface area contributed by atoms with E-state index >= 15 is 0 Å². The largest absolute Gasteiger partial charge is 0.378 e. The van der Waals surface area contributed by atoms with Crippen molar-refractivity contribution in [1.29, 1.82) is 0 Å². The van der Waals surface area contributed by atoms with Crippen LogP contribution in [0.3, 0.4) is 0 Å². The van der Waals surface area contributed by atoms with Crippen LogP contribution in [0.25, 0.3) is 11.4 Å². The van der Waals surface area contributed by atoms with E-state index in [0.29, 0.717) is 10.6 Å². The van der Waals surface area contributed by atoms with Gasteiger partial charge in [-0.05, 0) is 60.4 Å². The molecule has 7 heteroatoms. The number of nitrogens with one attached hydrogen (secondary N) is 1. The summed E-state index contributed by atoms with van der Waals surface area (Å²) in [6.07, 6.45) is 3.84. The molecule has 0 fully saturated rings. The zero-order valence-electron chi connectivity index (χ0n) is 14.3. The number of aromatic nitrogens is 3. The molecule has 0 unspecified atom stereocenters. The fourth-order valence-corrected chi connectivity index (χ4v) is 2.90. The lowest BCUT2D eigenvalue weighted by atomic mass is 10.2. The molecule has 0 saturated heterocycles. The Balaban J connectivity index is 1.90. The van der Waals surface area contributed by atoms with E-state index in [2.05, 4.69) is 38.6 Å². The Labute approximate surface area is 156 Å². The summed E-state index contributed by atoms with van der Waals surface area (Å²) >= 11 is 7.03. The molecule has 3 rings (SSSR count). The number of nitrogens with zero attached hydrogens (tertiary/aromatic N) is 4. The highest BCUT2D eigenvalue weighted by Gasteiger charge is 2.08. The van der Waals surface area contributed by atoms with Crippen LogP contribution in [-0.2, 0) is 0 Å². The van der Waals surface area contributed by atoms with Gasteiger partial charge in [0.1, 0.15) is 0 Å². The predicted molar refractivity (Wildman–Crippen MR) is 108 cm³/mol. The third kappa shape index (κ3) is 4.00.